The third-order valence-electron chi connectivity index (χ3n) is 9.02. The molecule has 3 heterocycles. The highest BCUT2D eigenvalue weighted by atomic mass is 32.1. The molecule has 39 heavy (non-hydrogen) atoms. The van der Waals surface area contributed by atoms with Gasteiger partial charge in [-0.15, -0.1) is 22.7 Å². The van der Waals surface area contributed by atoms with Gasteiger partial charge in [-0.3, -0.25) is 4.79 Å². The van der Waals surface area contributed by atoms with Crippen molar-refractivity contribution in [2.75, 3.05) is 4.90 Å². The van der Waals surface area contributed by atoms with Crippen LogP contribution in [0.5, 0.6) is 0 Å². The van der Waals surface area contributed by atoms with Crippen molar-refractivity contribution in [1.29, 1.82) is 0 Å². The fourth-order valence-electron chi connectivity index (χ4n) is 7.16. The molecule has 0 spiro atoms. The van der Waals surface area contributed by atoms with Gasteiger partial charge < -0.3 is 4.90 Å². The first-order chi connectivity index (χ1) is 19.1. The Morgan fingerprint density at radius 2 is 1.74 bits per heavy atom. The van der Waals surface area contributed by atoms with E-state index in [-0.39, 0.29) is 0 Å². The molecule has 202 valence electrons. The van der Waals surface area contributed by atoms with E-state index < -0.39 is 0 Å². The quantitative estimate of drug-likeness (QED) is 0.144. The molecule has 1 aliphatic heterocycles. The monoisotopic (exact) mass is 553 g/mol. The van der Waals surface area contributed by atoms with E-state index in [0.29, 0.717) is 12.0 Å². The number of benzene rings is 2. The van der Waals surface area contributed by atoms with Crippen molar-refractivity contribution >= 4 is 40.3 Å². The van der Waals surface area contributed by atoms with Gasteiger partial charge in [0.25, 0.3) is 0 Å². The van der Waals surface area contributed by atoms with Crippen LogP contribution in [0.2, 0.25) is 0 Å². The van der Waals surface area contributed by atoms with Crippen LogP contribution in [0.25, 0.3) is 20.2 Å². The summed E-state index contributed by atoms with van der Waals surface area (Å²) in [4.78, 5) is 18.7. The summed E-state index contributed by atoms with van der Waals surface area (Å²) in [5, 5.41) is 0. The molecule has 4 atom stereocenters. The molecule has 0 radical (unpaired) electrons. The lowest BCUT2D eigenvalue weighted by atomic mass is 9.89. The maximum Gasteiger partial charge on any atom is 0.160 e. The molecule has 2 aromatic carbocycles. The zero-order chi connectivity index (χ0) is 26.9. The second-order valence-electron chi connectivity index (χ2n) is 11.5. The summed E-state index contributed by atoms with van der Waals surface area (Å²) in [7, 11) is 0. The Morgan fingerprint density at radius 3 is 2.49 bits per heavy atom. The molecule has 0 amide bonds. The Bertz CT molecular complexity index is 1430. The van der Waals surface area contributed by atoms with E-state index >= 15 is 0 Å². The molecule has 0 bridgehead atoms. The average Bonchev–Trinajstić information content (AvgIpc) is 3.74. The lowest BCUT2D eigenvalue weighted by Gasteiger charge is -2.31. The summed E-state index contributed by atoms with van der Waals surface area (Å²) in [5.41, 5.74) is 6.97. The molecule has 2 aliphatic rings. The largest absolute Gasteiger partial charge is 0.337 e. The summed E-state index contributed by atoms with van der Waals surface area (Å²) >= 11 is 3.49. The Kier molecular flexibility index (Phi) is 7.77. The fourth-order valence-corrected chi connectivity index (χ4v) is 9.34. The Labute approximate surface area is 241 Å². The number of aldehydes is 1. The van der Waals surface area contributed by atoms with Gasteiger partial charge in [0, 0.05) is 38.0 Å². The van der Waals surface area contributed by atoms with Crippen molar-refractivity contribution < 1.29 is 4.79 Å². The van der Waals surface area contributed by atoms with Crippen LogP contribution in [0.15, 0.2) is 66.7 Å². The number of fused-ring (bicyclic) bond motifs is 3. The van der Waals surface area contributed by atoms with Gasteiger partial charge in [0.2, 0.25) is 0 Å². The van der Waals surface area contributed by atoms with Crippen molar-refractivity contribution in [3.8, 4) is 20.2 Å². The van der Waals surface area contributed by atoms with Gasteiger partial charge in [-0.1, -0.05) is 76.8 Å². The summed E-state index contributed by atoms with van der Waals surface area (Å²) in [6.45, 7) is 7.08. The number of hydrogen-bond acceptors (Lipinski definition) is 4. The normalized spacial score (nSPS) is 21.8. The minimum absolute atomic E-state index is 0.558. The lowest BCUT2D eigenvalue weighted by molar-refractivity contribution is 0.112. The SMILES string of the molecule is CCCCCCc1cc(-c2ccc(N3c4ccccc4C4C(C)CC(CC)C43)cc2)sc1-c1ccc(C=O)s1. The number of thiophene rings is 2. The topological polar surface area (TPSA) is 20.3 Å². The minimum Gasteiger partial charge on any atom is -0.337 e. The molecular formula is C35H39NOS2. The zero-order valence-corrected chi connectivity index (χ0v) is 25.0. The molecule has 4 aromatic rings. The number of anilines is 2. The molecular weight excluding hydrogens is 515 g/mol. The first-order valence-electron chi connectivity index (χ1n) is 14.8. The lowest BCUT2D eigenvalue weighted by Crippen LogP contribution is -2.32. The molecule has 6 rings (SSSR count). The van der Waals surface area contributed by atoms with Crippen LogP contribution < -0.4 is 4.90 Å². The number of carbonyl (C=O) groups excluding carboxylic acids is 1. The van der Waals surface area contributed by atoms with Gasteiger partial charge in [-0.05, 0) is 84.2 Å². The van der Waals surface area contributed by atoms with E-state index in [1.54, 1.807) is 11.3 Å². The fraction of sp³-hybridized carbons (Fsp3) is 0.400. The predicted molar refractivity (Wildman–Crippen MR) is 169 cm³/mol. The smallest absolute Gasteiger partial charge is 0.160 e. The van der Waals surface area contributed by atoms with Crippen molar-refractivity contribution in [2.24, 2.45) is 11.8 Å². The molecule has 4 unspecified atom stereocenters. The van der Waals surface area contributed by atoms with Crippen molar-refractivity contribution in [2.45, 2.75) is 77.7 Å². The second-order valence-corrected chi connectivity index (χ2v) is 13.6. The highest BCUT2D eigenvalue weighted by molar-refractivity contribution is 7.24. The number of nitrogens with zero attached hydrogens (tertiary/aromatic N) is 1. The summed E-state index contributed by atoms with van der Waals surface area (Å²) in [6.07, 6.45) is 9.67. The Morgan fingerprint density at radius 1 is 0.923 bits per heavy atom. The summed E-state index contributed by atoms with van der Waals surface area (Å²) < 4.78 is 0. The molecule has 4 heteroatoms. The van der Waals surface area contributed by atoms with Gasteiger partial charge in [0.15, 0.2) is 6.29 Å². The van der Waals surface area contributed by atoms with E-state index in [2.05, 4.69) is 86.3 Å². The number of para-hydroxylation sites is 1. The average molecular weight is 554 g/mol. The zero-order valence-electron chi connectivity index (χ0n) is 23.4. The number of carbonyl (C=O) groups is 1. The van der Waals surface area contributed by atoms with Crippen LogP contribution >= 0.6 is 22.7 Å². The van der Waals surface area contributed by atoms with Crippen LogP contribution in [0.3, 0.4) is 0 Å². The number of rotatable bonds is 10. The maximum absolute atomic E-state index is 11.4. The van der Waals surface area contributed by atoms with Crippen LogP contribution in [0.4, 0.5) is 11.4 Å². The van der Waals surface area contributed by atoms with Crippen LogP contribution in [0, 0.1) is 11.8 Å². The number of unbranched alkanes of at least 4 members (excludes halogenated alkanes) is 3. The summed E-state index contributed by atoms with van der Waals surface area (Å²) in [6, 6.07) is 25.5. The predicted octanol–water partition coefficient (Wildman–Crippen LogP) is 10.7. The van der Waals surface area contributed by atoms with E-state index in [0.717, 1.165) is 29.4 Å². The van der Waals surface area contributed by atoms with Crippen molar-refractivity contribution in [3.05, 3.63) is 82.7 Å². The first-order valence-corrected chi connectivity index (χ1v) is 16.4. The van der Waals surface area contributed by atoms with E-state index in [1.165, 1.54) is 81.2 Å². The highest BCUT2D eigenvalue weighted by Gasteiger charge is 2.50. The summed E-state index contributed by atoms with van der Waals surface area (Å²) in [5.74, 6) is 2.08. The maximum atomic E-state index is 11.4. The Balaban J connectivity index is 1.32. The van der Waals surface area contributed by atoms with Gasteiger partial charge in [-0.2, -0.15) is 0 Å². The minimum atomic E-state index is 0.558. The number of aryl methyl sites for hydroxylation is 1. The van der Waals surface area contributed by atoms with Crippen molar-refractivity contribution in [3.63, 3.8) is 0 Å². The molecule has 2 nitrogen and oxygen atoms in total. The highest BCUT2D eigenvalue weighted by Crippen LogP contribution is 2.57. The van der Waals surface area contributed by atoms with E-state index in [4.69, 9.17) is 0 Å². The molecule has 0 N–H and O–H groups in total. The van der Waals surface area contributed by atoms with Crippen LogP contribution in [-0.4, -0.2) is 12.3 Å². The molecule has 1 saturated carbocycles. The second kappa shape index (κ2) is 11.4. The van der Waals surface area contributed by atoms with E-state index in [9.17, 15) is 4.79 Å². The molecule has 1 fully saturated rings. The van der Waals surface area contributed by atoms with Gasteiger partial charge in [-0.25, -0.2) is 0 Å². The van der Waals surface area contributed by atoms with Gasteiger partial charge in [0.05, 0.1) is 4.88 Å². The third-order valence-corrected chi connectivity index (χ3v) is 11.4. The molecule has 0 saturated heterocycles. The molecule has 1 aliphatic carbocycles. The number of hydrogen-bond donors (Lipinski definition) is 0. The van der Waals surface area contributed by atoms with Crippen LogP contribution in [0.1, 0.15) is 86.0 Å². The molecule has 2 aromatic heterocycles. The third kappa shape index (κ3) is 4.91. The van der Waals surface area contributed by atoms with E-state index in [1.807, 2.05) is 17.4 Å². The first kappa shape index (κ1) is 26.5. The van der Waals surface area contributed by atoms with Gasteiger partial charge in [0.1, 0.15) is 0 Å². The van der Waals surface area contributed by atoms with Crippen molar-refractivity contribution in [1.82, 2.24) is 0 Å². The van der Waals surface area contributed by atoms with Gasteiger partial charge >= 0.3 is 0 Å². The standard InChI is InChI=1S/C35H39NOS2/c1-4-6-7-8-11-26-21-32(39-35(26)31-19-18-28(22-37)38-31)25-14-16-27(17-15-25)36-30-13-10-9-12-29(30)33-23(3)20-24(5-2)34(33)36/h9-10,12-19,21-24,33-34H,4-8,11,20H2,1-3H3. The Hall–Kier alpha value is -2.69. The van der Waals surface area contributed by atoms with Crippen LogP contribution in [-0.2, 0) is 6.42 Å².